The van der Waals surface area contributed by atoms with Gasteiger partial charge in [-0.3, -0.25) is 4.39 Å². The summed E-state index contributed by atoms with van der Waals surface area (Å²) in [6, 6.07) is 14.1. The van der Waals surface area contributed by atoms with Gasteiger partial charge in [-0.2, -0.15) is 0 Å². The summed E-state index contributed by atoms with van der Waals surface area (Å²) in [7, 11) is 0. The number of hydrogen-bond acceptors (Lipinski definition) is 0. The maximum atomic E-state index is 15.1. The summed E-state index contributed by atoms with van der Waals surface area (Å²) in [4.78, 5) is 0. The second kappa shape index (κ2) is 12.8. The van der Waals surface area contributed by atoms with E-state index in [9.17, 15) is 4.39 Å². The van der Waals surface area contributed by atoms with Gasteiger partial charge in [0.15, 0.2) is 0 Å². The van der Waals surface area contributed by atoms with E-state index in [0.29, 0.717) is 17.9 Å². The molecule has 0 N–H and O–H groups in total. The molecule has 2 heteroatoms. The first-order chi connectivity index (χ1) is 16.7. The molecule has 0 atom stereocenters. The number of unbranched alkanes of at least 4 members (excludes halogenated alkanes) is 2. The smallest absolute Gasteiger partial charge is 0.131 e. The van der Waals surface area contributed by atoms with Crippen molar-refractivity contribution in [3.63, 3.8) is 0 Å². The molecule has 0 heterocycles. The Balaban J connectivity index is 1.28. The summed E-state index contributed by atoms with van der Waals surface area (Å²) >= 11 is 0. The van der Waals surface area contributed by atoms with Crippen LogP contribution in [-0.2, 0) is 6.42 Å². The van der Waals surface area contributed by atoms with Crippen LogP contribution in [0.4, 0.5) is 8.78 Å². The van der Waals surface area contributed by atoms with Crippen molar-refractivity contribution in [1.29, 1.82) is 0 Å². The van der Waals surface area contributed by atoms with Gasteiger partial charge in [0.05, 0.1) is 6.67 Å². The van der Waals surface area contributed by atoms with Gasteiger partial charge in [-0.1, -0.05) is 75.4 Å². The summed E-state index contributed by atoms with van der Waals surface area (Å²) in [5, 5.41) is 0. The van der Waals surface area contributed by atoms with Gasteiger partial charge in [0, 0.05) is 5.56 Å². The first kappa shape index (κ1) is 25.4. The molecule has 4 rings (SSSR count). The van der Waals surface area contributed by atoms with E-state index in [-0.39, 0.29) is 12.5 Å². The van der Waals surface area contributed by atoms with Crippen LogP contribution in [0.15, 0.2) is 42.5 Å². The Kier molecular flexibility index (Phi) is 9.59. The van der Waals surface area contributed by atoms with Crippen LogP contribution in [0.1, 0.15) is 107 Å². The monoisotopic (exact) mass is 466 g/mol. The molecular formula is C32H44F2. The number of alkyl halides is 1. The minimum Gasteiger partial charge on any atom is -0.251 e. The molecule has 186 valence electrons. The van der Waals surface area contributed by atoms with Gasteiger partial charge >= 0.3 is 0 Å². The van der Waals surface area contributed by atoms with Gasteiger partial charge in [-0.25, -0.2) is 4.39 Å². The van der Waals surface area contributed by atoms with E-state index < -0.39 is 0 Å². The van der Waals surface area contributed by atoms with Crippen LogP contribution in [0.3, 0.4) is 0 Å². The topological polar surface area (TPSA) is 0 Å². The zero-order valence-corrected chi connectivity index (χ0v) is 21.2. The molecule has 2 saturated carbocycles. The first-order valence-corrected chi connectivity index (χ1v) is 14.1. The quantitative estimate of drug-likeness (QED) is 0.306. The maximum absolute atomic E-state index is 15.1. The second-order valence-electron chi connectivity index (χ2n) is 11.1. The highest BCUT2D eigenvalue weighted by molar-refractivity contribution is 5.65. The molecule has 0 bridgehead atoms. The molecule has 0 saturated heterocycles. The zero-order valence-electron chi connectivity index (χ0n) is 21.2. The van der Waals surface area contributed by atoms with Crippen LogP contribution >= 0.6 is 0 Å². The van der Waals surface area contributed by atoms with Crippen LogP contribution in [0, 0.1) is 23.6 Å². The van der Waals surface area contributed by atoms with Crippen molar-refractivity contribution in [2.45, 2.75) is 103 Å². The average molecular weight is 467 g/mol. The highest BCUT2D eigenvalue weighted by atomic mass is 19.1. The SMILES string of the molecule is CCCC[C@H]1CC[C@H](C2CCC(c3ccc(-c4ccc(CCCCF)cc4)c(F)c3)CC2)CC1. The van der Waals surface area contributed by atoms with Crippen molar-refractivity contribution in [3.05, 3.63) is 59.4 Å². The third-order valence-corrected chi connectivity index (χ3v) is 8.87. The standard InChI is InChI=1S/C32H44F2/c1-2-3-6-24-8-12-26(13-9-24)27-16-18-28(19-17-27)30-20-21-31(32(34)23-30)29-14-10-25(11-15-29)7-4-5-22-33/h10-11,14-15,20-21,23-24,26-28H,2-9,12-13,16-19,22H2,1H3/t24-,26-,27?,28?. The minimum absolute atomic E-state index is 0.102. The second-order valence-corrected chi connectivity index (χ2v) is 11.1. The van der Waals surface area contributed by atoms with Crippen molar-refractivity contribution >= 4 is 0 Å². The number of aryl methyl sites for hydroxylation is 1. The van der Waals surface area contributed by atoms with Crippen molar-refractivity contribution in [1.82, 2.24) is 0 Å². The van der Waals surface area contributed by atoms with E-state index in [1.165, 1.54) is 81.8 Å². The van der Waals surface area contributed by atoms with Gasteiger partial charge in [0.2, 0.25) is 0 Å². The van der Waals surface area contributed by atoms with E-state index in [4.69, 9.17) is 0 Å². The van der Waals surface area contributed by atoms with Crippen LogP contribution in [-0.4, -0.2) is 6.67 Å². The maximum Gasteiger partial charge on any atom is 0.131 e. The van der Waals surface area contributed by atoms with E-state index in [2.05, 4.69) is 25.1 Å². The van der Waals surface area contributed by atoms with E-state index in [0.717, 1.165) is 36.2 Å². The largest absolute Gasteiger partial charge is 0.251 e. The molecular weight excluding hydrogens is 422 g/mol. The fourth-order valence-corrected chi connectivity index (χ4v) is 6.66. The normalized spacial score (nSPS) is 25.4. The summed E-state index contributed by atoms with van der Waals surface area (Å²) in [5.74, 6) is 3.24. The van der Waals surface area contributed by atoms with Crippen LogP contribution in [0.25, 0.3) is 11.1 Å². The van der Waals surface area contributed by atoms with Gasteiger partial charge in [-0.05, 0) is 104 Å². The molecule has 34 heavy (non-hydrogen) atoms. The fourth-order valence-electron chi connectivity index (χ4n) is 6.66. The Labute approximate surface area is 206 Å². The molecule has 0 aromatic heterocycles. The average Bonchev–Trinajstić information content (AvgIpc) is 2.88. The van der Waals surface area contributed by atoms with Gasteiger partial charge in [0.25, 0.3) is 0 Å². The molecule has 2 aromatic carbocycles. The van der Waals surface area contributed by atoms with Gasteiger partial charge in [0.1, 0.15) is 5.82 Å². The molecule has 0 radical (unpaired) electrons. The van der Waals surface area contributed by atoms with E-state index >= 15 is 4.39 Å². The van der Waals surface area contributed by atoms with E-state index in [1.54, 1.807) is 6.07 Å². The lowest BCUT2D eigenvalue weighted by Crippen LogP contribution is -2.25. The van der Waals surface area contributed by atoms with Crippen molar-refractivity contribution in [2.24, 2.45) is 17.8 Å². The molecule has 0 aliphatic heterocycles. The Bertz CT molecular complexity index is 855. The molecule has 2 fully saturated rings. The van der Waals surface area contributed by atoms with Crippen LogP contribution < -0.4 is 0 Å². The Morgan fingerprint density at radius 1 is 0.765 bits per heavy atom. The molecule has 0 unspecified atom stereocenters. The van der Waals surface area contributed by atoms with Gasteiger partial charge in [-0.15, -0.1) is 0 Å². The zero-order chi connectivity index (χ0) is 23.8. The summed E-state index contributed by atoms with van der Waals surface area (Å²) < 4.78 is 27.4. The molecule has 0 nitrogen and oxygen atoms in total. The van der Waals surface area contributed by atoms with Crippen molar-refractivity contribution in [3.8, 4) is 11.1 Å². The lowest BCUT2D eigenvalue weighted by molar-refractivity contribution is 0.156. The van der Waals surface area contributed by atoms with Crippen molar-refractivity contribution < 1.29 is 8.78 Å². The predicted octanol–water partition coefficient (Wildman–Crippen LogP) is 10.1. The van der Waals surface area contributed by atoms with E-state index in [1.807, 2.05) is 18.2 Å². The number of hydrogen-bond donors (Lipinski definition) is 0. The number of rotatable bonds is 10. The fraction of sp³-hybridized carbons (Fsp3) is 0.625. The molecule has 0 amide bonds. The highest BCUT2D eigenvalue weighted by Gasteiger charge is 2.31. The lowest BCUT2D eigenvalue weighted by atomic mass is 9.68. The molecule has 2 aliphatic carbocycles. The predicted molar refractivity (Wildman–Crippen MR) is 140 cm³/mol. The molecule has 2 aliphatic rings. The number of halogens is 2. The minimum atomic E-state index is -0.253. The molecule has 2 aromatic rings. The van der Waals surface area contributed by atoms with Crippen molar-refractivity contribution in [2.75, 3.05) is 6.67 Å². The van der Waals surface area contributed by atoms with Crippen LogP contribution in [0.2, 0.25) is 0 Å². The Morgan fingerprint density at radius 3 is 2.06 bits per heavy atom. The Morgan fingerprint density at radius 2 is 1.44 bits per heavy atom. The summed E-state index contributed by atoms with van der Waals surface area (Å²) in [5.41, 5.74) is 4.00. The highest BCUT2D eigenvalue weighted by Crippen LogP contribution is 2.45. The number of benzene rings is 2. The summed E-state index contributed by atoms with van der Waals surface area (Å²) in [6.07, 6.45) is 17.4. The molecule has 0 spiro atoms. The van der Waals surface area contributed by atoms with Crippen LogP contribution in [0.5, 0.6) is 0 Å². The Hall–Kier alpha value is -1.70. The third kappa shape index (κ3) is 6.70. The summed E-state index contributed by atoms with van der Waals surface area (Å²) in [6.45, 7) is 2.05. The van der Waals surface area contributed by atoms with Gasteiger partial charge < -0.3 is 0 Å². The first-order valence-electron chi connectivity index (χ1n) is 14.1. The third-order valence-electron chi connectivity index (χ3n) is 8.87. The lowest BCUT2D eigenvalue weighted by Gasteiger charge is -2.38.